The van der Waals surface area contributed by atoms with Crippen molar-refractivity contribution in [1.82, 2.24) is 4.31 Å². The molecule has 0 aliphatic heterocycles. The molecule has 9 heteroatoms. The third-order valence-corrected chi connectivity index (χ3v) is 8.27. The van der Waals surface area contributed by atoms with Crippen LogP contribution in [0, 0.1) is 0 Å². The van der Waals surface area contributed by atoms with Crippen LogP contribution in [0.1, 0.15) is 61.6 Å². The summed E-state index contributed by atoms with van der Waals surface area (Å²) < 4.78 is 33.5. The smallest absolute Gasteiger partial charge is 0.412 e. The Morgan fingerprint density at radius 3 is 2.21 bits per heavy atom. The van der Waals surface area contributed by atoms with E-state index in [2.05, 4.69) is 10.6 Å². The fourth-order valence-electron chi connectivity index (χ4n) is 4.63. The summed E-state index contributed by atoms with van der Waals surface area (Å²) in [5, 5.41) is 5.54. The summed E-state index contributed by atoms with van der Waals surface area (Å²) >= 11 is 0. The lowest BCUT2D eigenvalue weighted by molar-refractivity contribution is 0.0635. The number of hydrogen-bond donors (Lipinski definition) is 2. The number of para-hydroxylation sites is 2. The summed E-state index contributed by atoms with van der Waals surface area (Å²) in [5.41, 5.74) is 2.51. The van der Waals surface area contributed by atoms with Gasteiger partial charge in [0.05, 0.1) is 22.3 Å². The monoisotopic (exact) mass is 535 g/mol. The number of nitrogens with zero attached hydrogens (tertiary/aromatic N) is 1. The fourth-order valence-corrected chi connectivity index (χ4v) is 6.30. The van der Waals surface area contributed by atoms with Crippen molar-refractivity contribution in [3.63, 3.8) is 0 Å². The minimum atomic E-state index is -3.66. The Bertz CT molecular complexity index is 1430. The van der Waals surface area contributed by atoms with Crippen molar-refractivity contribution in [3.05, 3.63) is 89.5 Å². The molecule has 3 aromatic rings. The van der Waals surface area contributed by atoms with Gasteiger partial charge in [0.25, 0.3) is 5.91 Å². The summed E-state index contributed by atoms with van der Waals surface area (Å²) in [4.78, 5) is 25.6. The van der Waals surface area contributed by atoms with Crippen molar-refractivity contribution in [2.75, 3.05) is 17.2 Å². The molecule has 1 aliphatic rings. The van der Waals surface area contributed by atoms with Gasteiger partial charge in [0, 0.05) is 12.1 Å². The van der Waals surface area contributed by atoms with Crippen molar-refractivity contribution < 1.29 is 22.7 Å². The molecule has 0 spiro atoms. The second kappa shape index (κ2) is 11.0. The number of hydrogen-bond acceptors (Lipinski definition) is 5. The topological polar surface area (TPSA) is 105 Å². The number of fused-ring (bicyclic) bond motifs is 1. The van der Waals surface area contributed by atoms with Crippen molar-refractivity contribution >= 4 is 33.4 Å². The Morgan fingerprint density at radius 1 is 0.947 bits per heavy atom. The zero-order valence-electron chi connectivity index (χ0n) is 22.0. The number of rotatable bonds is 7. The highest BCUT2D eigenvalue weighted by molar-refractivity contribution is 7.89. The van der Waals surface area contributed by atoms with Gasteiger partial charge >= 0.3 is 6.09 Å². The summed E-state index contributed by atoms with van der Waals surface area (Å²) in [6, 6.07) is 20.4. The number of carbonyl (C=O) groups excluding carboxylic acids is 2. The predicted octanol–water partition coefficient (Wildman–Crippen LogP) is 5.98. The van der Waals surface area contributed by atoms with Crippen LogP contribution in [0.5, 0.6) is 0 Å². The van der Waals surface area contributed by atoms with Crippen LogP contribution >= 0.6 is 0 Å². The van der Waals surface area contributed by atoms with Gasteiger partial charge in [-0.2, -0.15) is 4.31 Å². The van der Waals surface area contributed by atoms with E-state index in [0.717, 1.165) is 11.1 Å². The minimum absolute atomic E-state index is 0.268. The highest BCUT2D eigenvalue weighted by atomic mass is 32.2. The number of aryl methyl sites for hydroxylation is 1. The molecule has 1 aliphatic carbocycles. The fraction of sp³-hybridized carbons (Fsp3) is 0.310. The zero-order chi connectivity index (χ0) is 27.5. The van der Waals surface area contributed by atoms with E-state index in [1.165, 1.54) is 4.31 Å². The summed E-state index contributed by atoms with van der Waals surface area (Å²) in [7, 11) is -3.66. The molecule has 0 radical (unpaired) electrons. The van der Waals surface area contributed by atoms with E-state index in [1.54, 1.807) is 81.4 Å². The van der Waals surface area contributed by atoms with Crippen LogP contribution in [0.3, 0.4) is 0 Å². The average Bonchev–Trinajstić information content (AvgIpc) is 3.28. The standard InChI is InChI=1S/C29H33N3O5S/c1-5-32(38(35,36)22-11-7-6-8-12-22)26-18-16-20-19-21(15-17-23(20)26)27(33)30-24-13-9-10-14-25(24)31-28(34)37-29(2,3)4/h6-15,17,19,26H,5,16,18H2,1-4H3,(H,30,33)(H,31,34). The van der Waals surface area contributed by atoms with E-state index < -0.39 is 21.7 Å². The van der Waals surface area contributed by atoms with Crippen LogP contribution in [0.25, 0.3) is 0 Å². The van der Waals surface area contributed by atoms with Gasteiger partial charge in [-0.05, 0) is 81.1 Å². The average molecular weight is 536 g/mol. The lowest BCUT2D eigenvalue weighted by Gasteiger charge is -2.27. The normalized spacial score (nSPS) is 15.1. The van der Waals surface area contributed by atoms with Crippen LogP contribution in [0.2, 0.25) is 0 Å². The van der Waals surface area contributed by atoms with Gasteiger partial charge in [-0.25, -0.2) is 13.2 Å². The van der Waals surface area contributed by atoms with E-state index >= 15 is 0 Å². The Morgan fingerprint density at radius 2 is 1.58 bits per heavy atom. The SMILES string of the molecule is CCN(C1CCc2cc(C(=O)Nc3ccccc3NC(=O)OC(C)(C)C)ccc21)S(=O)(=O)c1ccccc1. The molecule has 2 N–H and O–H groups in total. The minimum Gasteiger partial charge on any atom is -0.444 e. The molecule has 1 unspecified atom stereocenters. The number of benzene rings is 3. The van der Waals surface area contributed by atoms with Crippen LogP contribution in [-0.2, 0) is 21.2 Å². The first-order valence-electron chi connectivity index (χ1n) is 12.6. The maximum Gasteiger partial charge on any atom is 0.412 e. The van der Waals surface area contributed by atoms with Gasteiger partial charge < -0.3 is 10.1 Å². The molecule has 0 bridgehead atoms. The summed E-state index contributed by atoms with van der Waals surface area (Å²) in [6.07, 6.45) is 0.690. The van der Waals surface area contributed by atoms with Crippen molar-refractivity contribution in [2.24, 2.45) is 0 Å². The van der Waals surface area contributed by atoms with Crippen LogP contribution < -0.4 is 10.6 Å². The number of amides is 2. The Labute approximate surface area is 224 Å². The van der Waals surface area contributed by atoms with Gasteiger partial charge in [-0.1, -0.05) is 43.3 Å². The quantitative estimate of drug-likeness (QED) is 0.387. The van der Waals surface area contributed by atoms with Gasteiger partial charge in [-0.3, -0.25) is 10.1 Å². The van der Waals surface area contributed by atoms with E-state index in [9.17, 15) is 18.0 Å². The van der Waals surface area contributed by atoms with Gasteiger partial charge in [0.15, 0.2) is 0 Å². The third kappa shape index (κ3) is 6.06. The van der Waals surface area contributed by atoms with Crippen LogP contribution in [-0.4, -0.2) is 36.9 Å². The van der Waals surface area contributed by atoms with Crippen molar-refractivity contribution in [2.45, 2.75) is 57.1 Å². The molecule has 1 atom stereocenters. The summed E-state index contributed by atoms with van der Waals surface area (Å²) in [5.74, 6) is -0.334. The predicted molar refractivity (Wildman–Crippen MR) is 148 cm³/mol. The van der Waals surface area contributed by atoms with E-state index in [1.807, 2.05) is 19.1 Å². The number of anilines is 2. The molecule has 0 aromatic heterocycles. The van der Waals surface area contributed by atoms with Crippen molar-refractivity contribution in [1.29, 1.82) is 0 Å². The van der Waals surface area contributed by atoms with E-state index in [0.29, 0.717) is 36.3 Å². The van der Waals surface area contributed by atoms with Crippen LogP contribution in [0.15, 0.2) is 77.7 Å². The summed E-state index contributed by atoms with van der Waals surface area (Å²) in [6.45, 7) is 7.49. The molecule has 2 amide bonds. The number of nitrogens with one attached hydrogen (secondary N) is 2. The van der Waals surface area contributed by atoms with E-state index in [4.69, 9.17) is 4.74 Å². The first-order chi connectivity index (χ1) is 18.0. The molecule has 4 rings (SSSR count). The molecule has 8 nitrogen and oxygen atoms in total. The number of ether oxygens (including phenoxy) is 1. The molecule has 0 saturated carbocycles. The van der Waals surface area contributed by atoms with Crippen molar-refractivity contribution in [3.8, 4) is 0 Å². The molecule has 200 valence electrons. The molecule has 0 heterocycles. The Kier molecular flexibility index (Phi) is 7.89. The molecule has 38 heavy (non-hydrogen) atoms. The largest absolute Gasteiger partial charge is 0.444 e. The zero-order valence-corrected chi connectivity index (χ0v) is 22.8. The highest BCUT2D eigenvalue weighted by Gasteiger charge is 2.35. The first kappa shape index (κ1) is 27.3. The maximum absolute atomic E-state index is 13.3. The molecular weight excluding hydrogens is 502 g/mol. The van der Waals surface area contributed by atoms with Crippen LogP contribution in [0.4, 0.5) is 16.2 Å². The molecule has 3 aromatic carbocycles. The van der Waals surface area contributed by atoms with Gasteiger partial charge in [-0.15, -0.1) is 0 Å². The molecular formula is C29H33N3O5S. The highest BCUT2D eigenvalue weighted by Crippen LogP contribution is 2.39. The number of carbonyl (C=O) groups is 2. The van der Waals surface area contributed by atoms with Gasteiger partial charge in [0.2, 0.25) is 10.0 Å². The second-order valence-corrected chi connectivity index (χ2v) is 12.0. The first-order valence-corrected chi connectivity index (χ1v) is 14.0. The second-order valence-electron chi connectivity index (χ2n) is 10.1. The third-order valence-electron chi connectivity index (χ3n) is 6.27. The Balaban J connectivity index is 1.52. The Hall–Kier alpha value is -3.69. The number of sulfonamides is 1. The maximum atomic E-state index is 13.3. The van der Waals surface area contributed by atoms with Gasteiger partial charge in [0.1, 0.15) is 5.60 Å². The lowest BCUT2D eigenvalue weighted by Crippen LogP contribution is -2.33. The molecule has 0 saturated heterocycles. The van der Waals surface area contributed by atoms with E-state index in [-0.39, 0.29) is 16.8 Å². The lowest BCUT2D eigenvalue weighted by atomic mass is 10.0. The molecule has 0 fully saturated rings.